The van der Waals surface area contributed by atoms with Crippen LogP contribution in [0, 0.1) is 11.8 Å². The maximum Gasteiger partial charge on any atom is 0.335 e. The van der Waals surface area contributed by atoms with Crippen molar-refractivity contribution in [2.45, 2.75) is 35.8 Å². The summed E-state index contributed by atoms with van der Waals surface area (Å²) in [6.07, 6.45) is 2.85. The fraction of sp³-hybridized carbons (Fsp3) is 0.304. The van der Waals surface area contributed by atoms with Gasteiger partial charge in [-0.25, -0.2) is 9.78 Å². The molecule has 1 aromatic heterocycles. The van der Waals surface area contributed by atoms with Crippen LogP contribution >= 0.6 is 23.1 Å². The molecule has 1 heterocycles. The molecule has 2 aromatic carbocycles. The molecular weight excluding hydrogens is 448 g/mol. The zero-order valence-corrected chi connectivity index (χ0v) is 18.7. The van der Waals surface area contributed by atoms with Crippen molar-refractivity contribution in [1.82, 2.24) is 4.98 Å². The minimum atomic E-state index is -0.944. The van der Waals surface area contributed by atoms with E-state index in [9.17, 15) is 19.5 Å². The fourth-order valence-electron chi connectivity index (χ4n) is 3.91. The third kappa shape index (κ3) is 5.11. The summed E-state index contributed by atoms with van der Waals surface area (Å²) in [7, 11) is 0. The molecule has 1 saturated carbocycles. The van der Waals surface area contributed by atoms with E-state index in [1.807, 2.05) is 12.1 Å². The summed E-state index contributed by atoms with van der Waals surface area (Å²) in [6, 6.07) is 12.3. The number of fused-ring (bicyclic) bond motifs is 1. The van der Waals surface area contributed by atoms with Crippen LogP contribution in [-0.4, -0.2) is 33.0 Å². The first kappa shape index (κ1) is 22.3. The number of thioether (sulfide) groups is 1. The van der Waals surface area contributed by atoms with E-state index >= 15 is 0 Å². The Hall–Kier alpha value is -2.91. The Labute approximate surface area is 192 Å². The molecule has 0 aliphatic heterocycles. The Morgan fingerprint density at radius 3 is 2.44 bits per heavy atom. The van der Waals surface area contributed by atoms with Gasteiger partial charge < -0.3 is 15.5 Å². The van der Waals surface area contributed by atoms with Gasteiger partial charge in [-0.3, -0.25) is 9.59 Å². The number of hydrogen-bond donors (Lipinski definition) is 3. The predicted molar refractivity (Wildman–Crippen MR) is 124 cm³/mol. The summed E-state index contributed by atoms with van der Waals surface area (Å²) < 4.78 is 1.81. The minimum absolute atomic E-state index is 0.236. The summed E-state index contributed by atoms with van der Waals surface area (Å²) in [5.74, 6) is -2.54. The third-order valence-electron chi connectivity index (χ3n) is 5.62. The Bertz CT molecular complexity index is 1160. The van der Waals surface area contributed by atoms with Crippen molar-refractivity contribution < 1.29 is 24.6 Å². The molecule has 3 N–H and O–H groups in total. The van der Waals surface area contributed by atoms with Crippen molar-refractivity contribution >= 4 is 56.8 Å². The second kappa shape index (κ2) is 9.70. The summed E-state index contributed by atoms with van der Waals surface area (Å²) in [6.45, 7) is 0. The van der Waals surface area contributed by atoms with Crippen molar-refractivity contribution in [1.29, 1.82) is 0 Å². The fourth-order valence-corrected chi connectivity index (χ4v) is 5.97. The number of thiazole rings is 1. The van der Waals surface area contributed by atoms with Gasteiger partial charge in [-0.2, -0.15) is 0 Å². The lowest BCUT2D eigenvalue weighted by atomic mass is 9.78. The summed E-state index contributed by atoms with van der Waals surface area (Å²) >= 11 is 3.09. The number of carboxylic acid groups (broad SMARTS) is 2. The second-order valence-corrected chi connectivity index (χ2v) is 10.0. The van der Waals surface area contributed by atoms with Gasteiger partial charge in [0.2, 0.25) is 5.91 Å². The maximum absolute atomic E-state index is 12.7. The quantitative estimate of drug-likeness (QED) is 0.411. The zero-order chi connectivity index (χ0) is 22.7. The zero-order valence-electron chi connectivity index (χ0n) is 17.1. The summed E-state index contributed by atoms with van der Waals surface area (Å²) in [4.78, 5) is 39.8. The van der Waals surface area contributed by atoms with Crippen LogP contribution in [0.1, 0.15) is 41.6 Å². The highest BCUT2D eigenvalue weighted by molar-refractivity contribution is 8.00. The van der Waals surface area contributed by atoms with Crippen molar-refractivity contribution in [3.05, 3.63) is 53.6 Å². The number of amides is 1. The number of carboxylic acids is 2. The molecule has 1 amide bonds. The number of hydrogen-bond acceptors (Lipinski definition) is 6. The Morgan fingerprint density at radius 2 is 1.75 bits per heavy atom. The van der Waals surface area contributed by atoms with Gasteiger partial charge in [0.15, 0.2) is 4.34 Å². The molecule has 7 nitrogen and oxygen atoms in total. The molecule has 0 saturated heterocycles. The van der Waals surface area contributed by atoms with Gasteiger partial charge in [0.1, 0.15) is 0 Å². The monoisotopic (exact) mass is 470 g/mol. The Balaban J connectivity index is 1.41. The van der Waals surface area contributed by atoms with Crippen LogP contribution in [0.4, 0.5) is 5.69 Å². The maximum atomic E-state index is 12.7. The second-order valence-electron chi connectivity index (χ2n) is 7.78. The third-order valence-corrected chi connectivity index (χ3v) is 7.85. The van der Waals surface area contributed by atoms with Crippen molar-refractivity contribution in [3.8, 4) is 0 Å². The van der Waals surface area contributed by atoms with Crippen LogP contribution in [0.3, 0.4) is 0 Å². The average Bonchev–Trinajstić information content (AvgIpc) is 3.20. The molecule has 0 bridgehead atoms. The molecule has 1 aliphatic carbocycles. The van der Waals surface area contributed by atoms with E-state index in [0.717, 1.165) is 33.0 Å². The highest BCUT2D eigenvalue weighted by Gasteiger charge is 2.35. The SMILES string of the molecule is O=C(O)c1ccc(CSc2nc3ccc(NC(=O)[C@@H]4CCCC[C@@H]4C(=O)O)cc3s2)cc1. The molecule has 0 unspecified atom stereocenters. The number of aromatic carboxylic acids is 1. The van der Waals surface area contributed by atoms with E-state index in [1.54, 1.807) is 42.1 Å². The topological polar surface area (TPSA) is 117 Å². The van der Waals surface area contributed by atoms with Crippen LogP contribution in [0.25, 0.3) is 10.2 Å². The standard InChI is InChI=1S/C23H22N2O5S2/c26-20(16-3-1-2-4-17(16)22(29)30)24-15-9-10-18-19(11-15)32-23(25-18)31-12-13-5-7-14(8-6-13)21(27)28/h5-11,16-17H,1-4,12H2,(H,24,26)(H,27,28)(H,29,30)/t16-,17+/m1/s1. The first-order valence-electron chi connectivity index (χ1n) is 10.3. The van der Waals surface area contributed by atoms with Crippen molar-refractivity contribution in [2.75, 3.05) is 5.32 Å². The van der Waals surface area contributed by atoms with Crippen LogP contribution in [0.5, 0.6) is 0 Å². The van der Waals surface area contributed by atoms with Crippen LogP contribution in [0.15, 0.2) is 46.8 Å². The smallest absolute Gasteiger partial charge is 0.335 e. The lowest BCUT2D eigenvalue weighted by molar-refractivity contribution is -0.147. The van der Waals surface area contributed by atoms with E-state index in [4.69, 9.17) is 5.11 Å². The molecule has 1 fully saturated rings. The largest absolute Gasteiger partial charge is 0.481 e. The number of carbonyl (C=O) groups is 3. The molecule has 0 spiro atoms. The molecule has 2 atom stereocenters. The predicted octanol–water partition coefficient (Wildman–Crippen LogP) is 5.12. The van der Waals surface area contributed by atoms with Gasteiger partial charge in [0.25, 0.3) is 0 Å². The van der Waals surface area contributed by atoms with Gasteiger partial charge in [0.05, 0.1) is 27.6 Å². The number of aliphatic carboxylic acids is 1. The van der Waals surface area contributed by atoms with Gasteiger partial charge >= 0.3 is 11.9 Å². The number of aromatic nitrogens is 1. The van der Waals surface area contributed by atoms with E-state index in [-0.39, 0.29) is 11.5 Å². The summed E-state index contributed by atoms with van der Waals surface area (Å²) in [5, 5.41) is 21.3. The minimum Gasteiger partial charge on any atom is -0.481 e. The van der Waals surface area contributed by atoms with Crippen molar-refractivity contribution in [2.24, 2.45) is 11.8 Å². The van der Waals surface area contributed by atoms with Gasteiger partial charge in [-0.1, -0.05) is 36.7 Å². The van der Waals surface area contributed by atoms with Crippen LogP contribution in [0.2, 0.25) is 0 Å². The molecule has 0 radical (unpaired) electrons. The van der Waals surface area contributed by atoms with E-state index < -0.39 is 23.8 Å². The number of rotatable bonds is 7. The molecule has 3 aromatic rings. The molecular formula is C23H22N2O5S2. The average molecular weight is 471 g/mol. The first-order valence-corrected chi connectivity index (χ1v) is 12.1. The number of carbonyl (C=O) groups excluding carboxylic acids is 1. The Morgan fingerprint density at radius 1 is 1.03 bits per heavy atom. The number of benzene rings is 2. The molecule has 32 heavy (non-hydrogen) atoms. The molecule has 166 valence electrons. The van der Waals surface area contributed by atoms with Crippen molar-refractivity contribution in [3.63, 3.8) is 0 Å². The molecule has 1 aliphatic rings. The van der Waals surface area contributed by atoms with Gasteiger partial charge in [-0.05, 0) is 48.7 Å². The van der Waals surface area contributed by atoms with E-state index in [2.05, 4.69) is 10.3 Å². The Kier molecular flexibility index (Phi) is 6.76. The van der Waals surface area contributed by atoms with E-state index in [0.29, 0.717) is 24.3 Å². The number of anilines is 1. The van der Waals surface area contributed by atoms with Crippen LogP contribution in [-0.2, 0) is 15.3 Å². The van der Waals surface area contributed by atoms with E-state index in [1.165, 1.54) is 11.3 Å². The molecule has 4 rings (SSSR count). The van der Waals surface area contributed by atoms with Gasteiger partial charge in [0, 0.05) is 11.4 Å². The van der Waals surface area contributed by atoms with Gasteiger partial charge in [-0.15, -0.1) is 11.3 Å². The lowest BCUT2D eigenvalue weighted by Crippen LogP contribution is -2.36. The van der Waals surface area contributed by atoms with Crippen LogP contribution < -0.4 is 5.32 Å². The highest BCUT2D eigenvalue weighted by atomic mass is 32.2. The normalized spacial score (nSPS) is 18.4. The molecule has 9 heteroatoms. The lowest BCUT2D eigenvalue weighted by Gasteiger charge is -2.27. The summed E-state index contributed by atoms with van der Waals surface area (Å²) in [5.41, 5.74) is 2.74. The highest BCUT2D eigenvalue weighted by Crippen LogP contribution is 2.34. The number of nitrogens with zero attached hydrogens (tertiary/aromatic N) is 1. The first-order chi connectivity index (χ1) is 15.4. The number of nitrogens with one attached hydrogen (secondary N) is 1.